The zero-order chi connectivity index (χ0) is 11.3. The normalized spacial score (nSPS) is 35.9. The molecule has 1 fully saturated rings. The molecule has 0 heterocycles. The van der Waals surface area contributed by atoms with Crippen LogP contribution in [0.2, 0.25) is 0 Å². The molecule has 0 aromatic heterocycles. The number of hydrogen-bond acceptors (Lipinski definition) is 2. The molecule has 1 rings (SSSR count). The molecule has 1 aliphatic rings. The van der Waals surface area contributed by atoms with E-state index in [1.165, 1.54) is 0 Å². The van der Waals surface area contributed by atoms with Crippen molar-refractivity contribution < 1.29 is 9.59 Å². The van der Waals surface area contributed by atoms with Crippen LogP contribution in [0.5, 0.6) is 0 Å². The maximum atomic E-state index is 11.4. The van der Waals surface area contributed by atoms with Gasteiger partial charge in [0.25, 0.3) is 0 Å². The molecule has 0 spiro atoms. The number of carbonyl (C=O) groups is 2. The van der Waals surface area contributed by atoms with Gasteiger partial charge >= 0.3 is 0 Å². The summed E-state index contributed by atoms with van der Waals surface area (Å²) in [6.45, 7) is 0. The maximum Gasteiger partial charge on any atom is 0.238 e. The maximum absolute atomic E-state index is 11.4. The zero-order valence-corrected chi connectivity index (χ0v) is 10.8. The molecule has 0 saturated heterocycles. The summed E-state index contributed by atoms with van der Waals surface area (Å²) in [6.07, 6.45) is 0. The molecule has 0 N–H and O–H groups in total. The van der Waals surface area contributed by atoms with E-state index < -0.39 is 31.0 Å². The third kappa shape index (κ3) is 1.74. The van der Waals surface area contributed by atoms with Gasteiger partial charge in [-0.05, 0) is 0 Å². The molecule has 2 unspecified atom stereocenters. The summed E-state index contributed by atoms with van der Waals surface area (Å²) in [5, 5.41) is -2.57. The molecular formula is C6H2Cl6O2. The second-order valence-corrected chi connectivity index (χ2v) is 6.35. The third-order valence-corrected chi connectivity index (χ3v) is 4.66. The molecule has 0 aromatic carbocycles. The number of hydrogen-bond donors (Lipinski definition) is 0. The first-order valence-electron chi connectivity index (χ1n) is 3.26. The summed E-state index contributed by atoms with van der Waals surface area (Å²) >= 11 is 33.3. The lowest BCUT2D eigenvalue weighted by atomic mass is 9.95. The molecule has 0 radical (unpaired) electrons. The Labute approximate surface area is 110 Å². The van der Waals surface area contributed by atoms with Gasteiger partial charge < -0.3 is 0 Å². The molecule has 1 saturated carbocycles. The zero-order valence-electron chi connectivity index (χ0n) is 6.24. The fourth-order valence-electron chi connectivity index (χ4n) is 0.936. The first-order valence-corrected chi connectivity index (χ1v) is 5.65. The van der Waals surface area contributed by atoms with Crippen molar-refractivity contribution in [2.24, 2.45) is 0 Å². The number of Topliss-reactive ketones (excluding diaryl/α,β-unsaturated/α-hetero) is 2. The molecule has 0 bridgehead atoms. The highest BCUT2D eigenvalue weighted by Crippen LogP contribution is 2.47. The van der Waals surface area contributed by atoms with Crippen molar-refractivity contribution in [3.63, 3.8) is 0 Å². The summed E-state index contributed by atoms with van der Waals surface area (Å²) in [6, 6.07) is 0. The topological polar surface area (TPSA) is 34.1 Å². The minimum Gasteiger partial charge on any atom is -0.294 e. The van der Waals surface area contributed by atoms with Gasteiger partial charge in [-0.15, -0.1) is 23.2 Å². The van der Waals surface area contributed by atoms with E-state index in [-0.39, 0.29) is 0 Å². The summed E-state index contributed by atoms with van der Waals surface area (Å²) in [5.41, 5.74) is 0. The van der Waals surface area contributed by atoms with E-state index >= 15 is 0 Å². The Kier molecular flexibility index (Phi) is 3.60. The predicted octanol–water partition coefficient (Wildman–Crippen LogP) is 2.70. The minimum absolute atomic E-state index is 0.913. The van der Waals surface area contributed by atoms with Crippen molar-refractivity contribution in [2.75, 3.05) is 0 Å². The fraction of sp³-hybridized carbons (Fsp3) is 0.667. The minimum atomic E-state index is -2.33. The van der Waals surface area contributed by atoms with Crippen LogP contribution in [0.1, 0.15) is 0 Å². The van der Waals surface area contributed by atoms with E-state index in [1.807, 2.05) is 0 Å². The Bertz CT molecular complexity index is 299. The van der Waals surface area contributed by atoms with E-state index in [2.05, 4.69) is 0 Å². The molecule has 14 heavy (non-hydrogen) atoms. The third-order valence-electron chi connectivity index (χ3n) is 1.75. The number of carbonyl (C=O) groups excluding carboxylic acids is 2. The Morgan fingerprint density at radius 1 is 1.00 bits per heavy atom. The Morgan fingerprint density at radius 3 is 1.86 bits per heavy atom. The van der Waals surface area contributed by atoms with Gasteiger partial charge in [-0.25, -0.2) is 0 Å². The van der Waals surface area contributed by atoms with Crippen LogP contribution in [0.25, 0.3) is 0 Å². The number of ketones is 2. The fourth-order valence-corrected chi connectivity index (χ4v) is 3.01. The van der Waals surface area contributed by atoms with Gasteiger partial charge in [0.15, 0.2) is 10.1 Å². The summed E-state index contributed by atoms with van der Waals surface area (Å²) in [4.78, 5) is 22.8. The second kappa shape index (κ2) is 3.83. The highest BCUT2D eigenvalue weighted by atomic mass is 35.5. The Morgan fingerprint density at radius 2 is 1.43 bits per heavy atom. The van der Waals surface area contributed by atoms with Crippen LogP contribution in [0.3, 0.4) is 0 Å². The summed E-state index contributed by atoms with van der Waals surface area (Å²) < 4.78 is -4.40. The Hall–Kier alpha value is 1.08. The molecule has 2 nitrogen and oxygen atoms in total. The molecule has 0 amide bonds. The van der Waals surface area contributed by atoms with E-state index in [9.17, 15) is 9.59 Å². The van der Waals surface area contributed by atoms with E-state index in [1.54, 1.807) is 0 Å². The molecule has 2 atom stereocenters. The number of rotatable bonds is 0. The van der Waals surface area contributed by atoms with Crippen molar-refractivity contribution >= 4 is 81.2 Å². The van der Waals surface area contributed by atoms with Crippen LogP contribution < -0.4 is 0 Å². The molecule has 8 heteroatoms. The average molecular weight is 319 g/mol. The van der Waals surface area contributed by atoms with Gasteiger partial charge in [0.1, 0.15) is 5.38 Å². The van der Waals surface area contributed by atoms with Crippen molar-refractivity contribution in [3.05, 3.63) is 0 Å². The van der Waals surface area contributed by atoms with Gasteiger partial charge in [0, 0.05) is 0 Å². The molecule has 80 valence electrons. The van der Waals surface area contributed by atoms with Gasteiger partial charge in [0.2, 0.25) is 10.1 Å². The smallest absolute Gasteiger partial charge is 0.238 e. The molecule has 1 aliphatic carbocycles. The highest BCUT2D eigenvalue weighted by molar-refractivity contribution is 6.78. The second-order valence-electron chi connectivity index (χ2n) is 2.69. The van der Waals surface area contributed by atoms with Crippen LogP contribution in [-0.2, 0) is 9.59 Å². The van der Waals surface area contributed by atoms with Crippen molar-refractivity contribution in [2.45, 2.75) is 19.4 Å². The van der Waals surface area contributed by atoms with Crippen LogP contribution in [0, 0.1) is 0 Å². The van der Waals surface area contributed by atoms with Crippen LogP contribution >= 0.6 is 69.6 Å². The van der Waals surface area contributed by atoms with Crippen molar-refractivity contribution in [3.8, 4) is 0 Å². The molecular weight excluding hydrogens is 317 g/mol. The quantitative estimate of drug-likeness (QED) is 0.508. The predicted molar refractivity (Wildman–Crippen MR) is 58.2 cm³/mol. The summed E-state index contributed by atoms with van der Waals surface area (Å²) in [7, 11) is 0. The average Bonchev–Trinajstić information content (AvgIpc) is 2.11. The summed E-state index contributed by atoms with van der Waals surface area (Å²) in [5.74, 6) is -1.98. The lowest BCUT2D eigenvalue weighted by Crippen LogP contribution is -2.61. The number of halogens is 6. The lowest BCUT2D eigenvalue weighted by Gasteiger charge is -2.37. The molecule has 0 aromatic rings. The first-order chi connectivity index (χ1) is 6.13. The SMILES string of the molecule is O=C1C(Cl)C(Cl)C(Cl)(Cl)C(=O)C1(Cl)Cl. The van der Waals surface area contributed by atoms with Gasteiger partial charge in [-0.3, -0.25) is 9.59 Å². The van der Waals surface area contributed by atoms with Crippen LogP contribution in [-0.4, -0.2) is 31.0 Å². The lowest BCUT2D eigenvalue weighted by molar-refractivity contribution is -0.130. The van der Waals surface area contributed by atoms with E-state index in [0.29, 0.717) is 0 Å². The van der Waals surface area contributed by atoms with E-state index in [4.69, 9.17) is 69.6 Å². The van der Waals surface area contributed by atoms with Gasteiger partial charge in [0.05, 0.1) is 5.38 Å². The van der Waals surface area contributed by atoms with Crippen LogP contribution in [0.4, 0.5) is 0 Å². The van der Waals surface area contributed by atoms with Crippen molar-refractivity contribution in [1.29, 1.82) is 0 Å². The van der Waals surface area contributed by atoms with Gasteiger partial charge in [-0.1, -0.05) is 46.4 Å². The largest absolute Gasteiger partial charge is 0.294 e. The van der Waals surface area contributed by atoms with Gasteiger partial charge in [-0.2, -0.15) is 0 Å². The number of alkyl halides is 6. The highest BCUT2D eigenvalue weighted by Gasteiger charge is 2.63. The van der Waals surface area contributed by atoms with Crippen molar-refractivity contribution in [1.82, 2.24) is 0 Å². The molecule has 0 aliphatic heterocycles. The monoisotopic (exact) mass is 316 g/mol. The Balaban J connectivity index is 3.22. The van der Waals surface area contributed by atoms with E-state index in [0.717, 1.165) is 0 Å². The first kappa shape index (κ1) is 13.1. The van der Waals surface area contributed by atoms with Crippen LogP contribution in [0.15, 0.2) is 0 Å². The standard InChI is InChI=1S/C6H2Cl6O2/c7-1-2(8)5(9,10)4(14)6(11,12)3(1)13/h1-2H.